The smallest absolute Gasteiger partial charge is 0.191 e. The Hall–Kier alpha value is -1.54. The Morgan fingerprint density at radius 3 is 2.67 bits per heavy atom. The third-order valence-electron chi connectivity index (χ3n) is 4.80. The molecule has 1 aliphatic rings. The van der Waals surface area contributed by atoms with E-state index < -0.39 is 5.60 Å². The van der Waals surface area contributed by atoms with E-state index in [1.54, 1.807) is 6.92 Å². The molecule has 0 aliphatic heterocycles. The van der Waals surface area contributed by atoms with E-state index in [-0.39, 0.29) is 24.0 Å². The fourth-order valence-electron chi connectivity index (χ4n) is 3.30. The highest BCUT2D eigenvalue weighted by atomic mass is 127. The van der Waals surface area contributed by atoms with Gasteiger partial charge in [-0.2, -0.15) is 0 Å². The first-order chi connectivity index (χ1) is 12.5. The van der Waals surface area contributed by atoms with Crippen molar-refractivity contribution in [1.29, 1.82) is 0 Å². The van der Waals surface area contributed by atoms with Crippen molar-refractivity contribution < 1.29 is 9.52 Å². The van der Waals surface area contributed by atoms with Crippen molar-refractivity contribution in [1.82, 2.24) is 10.6 Å². The number of hydrogen-bond acceptors (Lipinski definition) is 3. The van der Waals surface area contributed by atoms with Crippen molar-refractivity contribution in [2.45, 2.75) is 52.2 Å². The Morgan fingerprint density at radius 2 is 1.96 bits per heavy atom. The molecule has 2 aromatic rings. The summed E-state index contributed by atoms with van der Waals surface area (Å²) in [5.74, 6) is 2.03. The molecule has 1 aromatic carbocycles. The van der Waals surface area contributed by atoms with Crippen LogP contribution in [0.5, 0.6) is 0 Å². The first-order valence-corrected chi connectivity index (χ1v) is 9.40. The molecule has 1 aliphatic carbocycles. The van der Waals surface area contributed by atoms with E-state index in [1.807, 2.05) is 26.0 Å². The van der Waals surface area contributed by atoms with E-state index in [4.69, 9.17) is 4.42 Å². The number of fused-ring (bicyclic) bond motifs is 1. The Labute approximate surface area is 178 Å². The summed E-state index contributed by atoms with van der Waals surface area (Å²) in [7, 11) is 0. The Balaban J connectivity index is 0.00000261. The van der Waals surface area contributed by atoms with Gasteiger partial charge in [0, 0.05) is 6.54 Å². The van der Waals surface area contributed by atoms with Crippen LogP contribution < -0.4 is 10.6 Å². The van der Waals surface area contributed by atoms with Gasteiger partial charge in [0.1, 0.15) is 17.1 Å². The minimum atomic E-state index is -1.10. The Bertz CT molecular complexity index is 783. The van der Waals surface area contributed by atoms with Gasteiger partial charge in [0.05, 0.1) is 13.1 Å². The molecule has 1 unspecified atom stereocenters. The summed E-state index contributed by atoms with van der Waals surface area (Å²) < 4.78 is 5.56. The molecule has 3 N–H and O–H groups in total. The van der Waals surface area contributed by atoms with Crippen LogP contribution in [0.1, 0.15) is 48.5 Å². The Kier molecular flexibility index (Phi) is 7.73. The van der Waals surface area contributed by atoms with E-state index in [2.05, 4.69) is 33.8 Å². The SMILES string of the molecule is CCNC(=NCc1ccc2c(c1)CCC2)NCC(C)(O)c1ccc(C)o1.I. The molecular weight excluding hydrogens is 453 g/mol. The topological polar surface area (TPSA) is 69.8 Å². The second kappa shape index (κ2) is 9.59. The van der Waals surface area contributed by atoms with E-state index in [0.717, 1.165) is 12.3 Å². The molecule has 27 heavy (non-hydrogen) atoms. The fourth-order valence-corrected chi connectivity index (χ4v) is 3.30. The number of guanidine groups is 1. The number of nitrogens with one attached hydrogen (secondary N) is 2. The van der Waals surface area contributed by atoms with Crippen molar-refractivity contribution in [3.05, 3.63) is 58.5 Å². The third kappa shape index (κ3) is 5.72. The summed E-state index contributed by atoms with van der Waals surface area (Å²) >= 11 is 0. The lowest BCUT2D eigenvalue weighted by Gasteiger charge is -2.22. The average Bonchev–Trinajstić information content (AvgIpc) is 3.26. The maximum atomic E-state index is 10.7. The molecule has 0 amide bonds. The average molecular weight is 483 g/mol. The second-order valence-electron chi connectivity index (χ2n) is 7.19. The van der Waals surface area contributed by atoms with Crippen molar-refractivity contribution in [2.24, 2.45) is 4.99 Å². The van der Waals surface area contributed by atoms with Crippen LogP contribution in [0, 0.1) is 6.92 Å². The normalized spacial score (nSPS) is 15.6. The zero-order valence-corrected chi connectivity index (χ0v) is 18.7. The zero-order valence-electron chi connectivity index (χ0n) is 16.3. The molecule has 0 spiro atoms. The number of furan rings is 1. The van der Waals surface area contributed by atoms with Crippen LogP contribution in [-0.4, -0.2) is 24.2 Å². The van der Waals surface area contributed by atoms with Crippen LogP contribution in [-0.2, 0) is 25.0 Å². The number of aliphatic hydroxyl groups is 1. The Morgan fingerprint density at radius 1 is 1.19 bits per heavy atom. The number of benzene rings is 1. The van der Waals surface area contributed by atoms with E-state index >= 15 is 0 Å². The van der Waals surface area contributed by atoms with E-state index in [1.165, 1.54) is 36.0 Å². The summed E-state index contributed by atoms with van der Waals surface area (Å²) in [4.78, 5) is 4.66. The molecule has 6 heteroatoms. The summed E-state index contributed by atoms with van der Waals surface area (Å²) in [5, 5.41) is 17.1. The molecular formula is C21H30IN3O2. The third-order valence-corrected chi connectivity index (χ3v) is 4.80. The van der Waals surface area contributed by atoms with Gasteiger partial charge >= 0.3 is 0 Å². The molecule has 0 saturated carbocycles. The standard InChI is InChI=1S/C21H29N3O2.HI/c1-4-22-20(24-14-21(3,25)19-11-8-15(2)26-19)23-13-16-9-10-17-6-5-7-18(17)12-16;/h8-12,25H,4-7,13-14H2,1-3H3,(H2,22,23,24);1H. The van der Waals surface area contributed by atoms with E-state index in [9.17, 15) is 5.11 Å². The molecule has 1 aromatic heterocycles. The van der Waals surface area contributed by atoms with Gasteiger partial charge in [-0.3, -0.25) is 0 Å². The van der Waals surface area contributed by atoms with Crippen LogP contribution in [0.3, 0.4) is 0 Å². The first-order valence-electron chi connectivity index (χ1n) is 9.40. The minimum Gasteiger partial charge on any atom is -0.463 e. The molecule has 5 nitrogen and oxygen atoms in total. The summed E-state index contributed by atoms with van der Waals surface area (Å²) in [6, 6.07) is 10.3. The minimum absolute atomic E-state index is 0. The van der Waals surface area contributed by atoms with Gasteiger partial charge < -0.3 is 20.2 Å². The largest absolute Gasteiger partial charge is 0.463 e. The zero-order chi connectivity index (χ0) is 18.6. The molecule has 1 atom stereocenters. The van der Waals surface area contributed by atoms with Gasteiger partial charge in [0.25, 0.3) is 0 Å². The molecule has 0 bridgehead atoms. The number of aryl methyl sites for hydroxylation is 3. The number of hydrogen-bond donors (Lipinski definition) is 3. The van der Waals surface area contributed by atoms with Gasteiger partial charge in [-0.25, -0.2) is 4.99 Å². The monoisotopic (exact) mass is 483 g/mol. The molecule has 0 radical (unpaired) electrons. The summed E-state index contributed by atoms with van der Waals surface area (Å²) in [6.45, 7) is 7.33. The van der Waals surface area contributed by atoms with Crippen LogP contribution in [0.4, 0.5) is 0 Å². The number of nitrogens with zero attached hydrogens (tertiary/aromatic N) is 1. The maximum absolute atomic E-state index is 10.7. The predicted molar refractivity (Wildman–Crippen MR) is 120 cm³/mol. The highest BCUT2D eigenvalue weighted by Gasteiger charge is 2.27. The van der Waals surface area contributed by atoms with Gasteiger partial charge in [-0.05, 0) is 68.9 Å². The lowest BCUT2D eigenvalue weighted by atomic mass is 10.0. The number of rotatable bonds is 6. The van der Waals surface area contributed by atoms with Crippen molar-refractivity contribution in [3.8, 4) is 0 Å². The van der Waals surface area contributed by atoms with Crippen LogP contribution in [0.2, 0.25) is 0 Å². The van der Waals surface area contributed by atoms with Gasteiger partial charge in [0.15, 0.2) is 5.96 Å². The van der Waals surface area contributed by atoms with Crippen LogP contribution in [0.25, 0.3) is 0 Å². The maximum Gasteiger partial charge on any atom is 0.191 e. The summed E-state index contributed by atoms with van der Waals surface area (Å²) in [6.07, 6.45) is 3.63. The van der Waals surface area contributed by atoms with Crippen molar-refractivity contribution >= 4 is 29.9 Å². The lowest BCUT2D eigenvalue weighted by Crippen LogP contribution is -2.44. The van der Waals surface area contributed by atoms with Gasteiger partial charge in [0.2, 0.25) is 0 Å². The second-order valence-corrected chi connectivity index (χ2v) is 7.19. The highest BCUT2D eigenvalue weighted by molar-refractivity contribution is 14.0. The first kappa shape index (κ1) is 21.8. The van der Waals surface area contributed by atoms with Gasteiger partial charge in [-0.1, -0.05) is 18.2 Å². The van der Waals surface area contributed by atoms with Crippen molar-refractivity contribution in [2.75, 3.05) is 13.1 Å². The van der Waals surface area contributed by atoms with Crippen LogP contribution >= 0.6 is 24.0 Å². The molecule has 148 valence electrons. The van der Waals surface area contributed by atoms with E-state index in [0.29, 0.717) is 24.8 Å². The molecule has 1 heterocycles. The predicted octanol–water partition coefficient (Wildman–Crippen LogP) is 3.66. The van der Waals surface area contributed by atoms with Gasteiger partial charge in [-0.15, -0.1) is 24.0 Å². The quantitative estimate of drug-likeness (QED) is 0.333. The molecule has 0 saturated heterocycles. The summed E-state index contributed by atoms with van der Waals surface area (Å²) in [5.41, 5.74) is 3.06. The van der Waals surface area contributed by atoms with Crippen molar-refractivity contribution in [3.63, 3.8) is 0 Å². The highest BCUT2D eigenvalue weighted by Crippen LogP contribution is 2.23. The lowest BCUT2D eigenvalue weighted by molar-refractivity contribution is 0.0378. The van der Waals surface area contributed by atoms with Crippen LogP contribution in [0.15, 0.2) is 39.7 Å². The molecule has 3 rings (SSSR count). The molecule has 0 fully saturated rings. The fraction of sp³-hybridized carbons (Fsp3) is 0.476. The number of halogens is 1. The number of aliphatic imine (C=N–C) groups is 1.